The van der Waals surface area contributed by atoms with Gasteiger partial charge in [-0.25, -0.2) is 8.42 Å². The molecule has 0 aliphatic carbocycles. The minimum Gasteiger partial charge on any atom is -0.618 e. The topological polar surface area (TPSA) is 73.1 Å². The second-order valence-corrected chi connectivity index (χ2v) is 7.84. The predicted octanol–water partition coefficient (Wildman–Crippen LogP) is 3.74. The van der Waals surface area contributed by atoms with Crippen molar-refractivity contribution in [3.8, 4) is 0 Å². The summed E-state index contributed by atoms with van der Waals surface area (Å²) in [6.45, 7) is 1.89. The third-order valence-corrected chi connectivity index (χ3v) is 5.72. The number of hydrogen-bond donors (Lipinski definition) is 1. The Morgan fingerprint density at radius 1 is 0.923 bits per heavy atom. The van der Waals surface area contributed by atoms with Gasteiger partial charge in [-0.3, -0.25) is 4.72 Å². The van der Waals surface area contributed by atoms with E-state index in [0.717, 1.165) is 16.3 Å². The molecule has 5 nitrogen and oxygen atoms in total. The summed E-state index contributed by atoms with van der Waals surface area (Å²) in [5, 5.41) is 14.8. The van der Waals surface area contributed by atoms with Crippen LogP contribution in [0.3, 0.4) is 0 Å². The third kappa shape index (κ3) is 2.74. The number of aryl methyl sites for hydroxylation is 1. The molecule has 0 amide bonds. The quantitative estimate of drug-likeness (QED) is 0.342. The van der Waals surface area contributed by atoms with Crippen LogP contribution in [0.25, 0.3) is 21.7 Å². The van der Waals surface area contributed by atoms with Gasteiger partial charge in [-0.1, -0.05) is 42.0 Å². The number of fused-ring (bicyclic) bond motifs is 3. The molecule has 0 unspecified atom stereocenters. The van der Waals surface area contributed by atoms with Crippen LogP contribution >= 0.6 is 0 Å². The number of benzene rings is 3. The first-order chi connectivity index (χ1) is 12.5. The maximum absolute atomic E-state index is 12.8. The van der Waals surface area contributed by atoms with Crippen LogP contribution in [-0.2, 0) is 10.0 Å². The molecule has 0 aliphatic rings. The minimum atomic E-state index is -3.81. The molecule has 6 heteroatoms. The zero-order chi connectivity index (χ0) is 18.3. The number of aromatic nitrogens is 1. The van der Waals surface area contributed by atoms with Crippen molar-refractivity contribution in [3.05, 3.63) is 83.7 Å². The van der Waals surface area contributed by atoms with Crippen LogP contribution in [0.1, 0.15) is 5.56 Å². The number of nitrogens with one attached hydrogen (secondary N) is 1. The average Bonchev–Trinajstić information content (AvgIpc) is 2.62. The SMILES string of the molecule is Cc1ccc(S(=O)(=O)Nc2cc3ccccc3c3ccc[n+]([O-])c23)cc1. The molecule has 26 heavy (non-hydrogen) atoms. The fourth-order valence-electron chi connectivity index (χ4n) is 3.06. The lowest BCUT2D eigenvalue weighted by Gasteiger charge is -2.12. The van der Waals surface area contributed by atoms with E-state index < -0.39 is 10.0 Å². The van der Waals surface area contributed by atoms with Crippen molar-refractivity contribution in [1.82, 2.24) is 0 Å². The number of pyridine rings is 1. The van der Waals surface area contributed by atoms with E-state index in [9.17, 15) is 13.6 Å². The van der Waals surface area contributed by atoms with Crippen LogP contribution in [0, 0.1) is 12.1 Å². The summed E-state index contributed by atoms with van der Waals surface area (Å²) >= 11 is 0. The van der Waals surface area contributed by atoms with Gasteiger partial charge in [-0.15, -0.1) is 0 Å². The van der Waals surface area contributed by atoms with Crippen LogP contribution in [0.4, 0.5) is 5.69 Å². The van der Waals surface area contributed by atoms with Crippen molar-refractivity contribution in [3.63, 3.8) is 0 Å². The number of hydrogen-bond acceptors (Lipinski definition) is 3. The van der Waals surface area contributed by atoms with Crippen molar-refractivity contribution in [2.24, 2.45) is 0 Å². The lowest BCUT2D eigenvalue weighted by atomic mass is 10.0. The summed E-state index contributed by atoms with van der Waals surface area (Å²) in [5.41, 5.74) is 1.52. The summed E-state index contributed by atoms with van der Waals surface area (Å²) in [7, 11) is -3.81. The zero-order valence-electron chi connectivity index (χ0n) is 14.0. The Morgan fingerprint density at radius 2 is 1.62 bits per heavy atom. The van der Waals surface area contributed by atoms with Crippen molar-refractivity contribution in [2.75, 3.05) is 4.72 Å². The Hall–Kier alpha value is -3.12. The normalized spacial score (nSPS) is 11.7. The third-order valence-electron chi connectivity index (χ3n) is 4.34. The lowest BCUT2D eigenvalue weighted by molar-refractivity contribution is -0.576. The molecule has 0 atom stereocenters. The Balaban J connectivity index is 1.94. The highest BCUT2D eigenvalue weighted by Gasteiger charge is 2.20. The first kappa shape index (κ1) is 16.4. The van der Waals surface area contributed by atoms with Crippen molar-refractivity contribution < 1.29 is 13.1 Å². The monoisotopic (exact) mass is 364 g/mol. The van der Waals surface area contributed by atoms with Crippen LogP contribution in [0.2, 0.25) is 0 Å². The first-order valence-electron chi connectivity index (χ1n) is 8.09. The molecule has 0 aliphatic heterocycles. The number of sulfonamides is 1. The number of nitrogens with zero attached hydrogens (tertiary/aromatic N) is 1. The van der Waals surface area contributed by atoms with E-state index in [-0.39, 0.29) is 10.6 Å². The van der Waals surface area contributed by atoms with Gasteiger partial charge in [0, 0.05) is 6.07 Å². The van der Waals surface area contributed by atoms with Crippen molar-refractivity contribution in [2.45, 2.75) is 11.8 Å². The molecule has 4 rings (SSSR count). The number of anilines is 1. The zero-order valence-corrected chi connectivity index (χ0v) is 14.8. The van der Waals surface area contributed by atoms with Crippen LogP contribution in [-0.4, -0.2) is 8.42 Å². The predicted molar refractivity (Wildman–Crippen MR) is 102 cm³/mol. The molecule has 1 heterocycles. The summed E-state index contributed by atoms with van der Waals surface area (Å²) in [4.78, 5) is 0.151. The van der Waals surface area contributed by atoms with E-state index in [2.05, 4.69) is 4.72 Å². The van der Waals surface area contributed by atoms with Crippen molar-refractivity contribution >= 4 is 37.4 Å². The molecule has 0 fully saturated rings. The van der Waals surface area contributed by atoms with E-state index in [4.69, 9.17) is 0 Å². The van der Waals surface area contributed by atoms with E-state index >= 15 is 0 Å². The highest BCUT2D eigenvalue weighted by Crippen LogP contribution is 2.31. The van der Waals surface area contributed by atoms with Gasteiger partial charge in [0.15, 0.2) is 6.20 Å². The molecule has 1 N–H and O–H groups in total. The van der Waals surface area contributed by atoms with Gasteiger partial charge >= 0.3 is 0 Å². The summed E-state index contributed by atoms with van der Waals surface area (Å²) in [5.74, 6) is 0. The van der Waals surface area contributed by atoms with Gasteiger partial charge in [0.05, 0.1) is 10.3 Å². The highest BCUT2D eigenvalue weighted by molar-refractivity contribution is 7.92. The van der Waals surface area contributed by atoms with Gasteiger partial charge in [0.1, 0.15) is 5.69 Å². The van der Waals surface area contributed by atoms with Gasteiger partial charge in [-0.2, -0.15) is 4.73 Å². The summed E-state index contributed by atoms with van der Waals surface area (Å²) < 4.78 is 28.8. The average molecular weight is 364 g/mol. The Morgan fingerprint density at radius 3 is 2.38 bits per heavy atom. The van der Waals surface area contributed by atoms with Crippen LogP contribution in [0.15, 0.2) is 77.8 Å². The molecule has 0 radical (unpaired) electrons. The number of rotatable bonds is 3. The standard InChI is InChI=1S/C20H16N2O3S/c1-14-8-10-16(11-9-14)26(24,25)21-19-13-15-5-2-3-6-17(15)18-7-4-12-22(23)20(18)19/h2-13,21H,1H3. The Labute approximate surface area is 151 Å². The largest absolute Gasteiger partial charge is 0.618 e. The molecule has 1 aromatic heterocycles. The minimum absolute atomic E-state index is 0.151. The Kier molecular flexibility index (Phi) is 3.77. The summed E-state index contributed by atoms with van der Waals surface area (Å²) in [6.07, 6.45) is 1.36. The second-order valence-electron chi connectivity index (χ2n) is 6.16. The highest BCUT2D eigenvalue weighted by atomic mass is 32.2. The molecule has 4 aromatic rings. The second kappa shape index (κ2) is 6.00. The van der Waals surface area contributed by atoms with Gasteiger partial charge in [-0.05, 0) is 42.0 Å². The maximum atomic E-state index is 12.8. The molecular formula is C20H16N2O3S. The molecule has 0 saturated carbocycles. The molecular weight excluding hydrogens is 348 g/mol. The van der Waals surface area contributed by atoms with E-state index in [1.165, 1.54) is 6.20 Å². The summed E-state index contributed by atoms with van der Waals surface area (Å²) in [6, 6.07) is 19.3. The lowest BCUT2D eigenvalue weighted by Crippen LogP contribution is -2.27. The fraction of sp³-hybridized carbons (Fsp3) is 0.0500. The van der Waals surface area contributed by atoms with Crippen molar-refractivity contribution in [1.29, 1.82) is 0 Å². The fourth-order valence-corrected chi connectivity index (χ4v) is 4.12. The van der Waals surface area contributed by atoms with E-state index in [1.807, 2.05) is 37.3 Å². The van der Waals surface area contributed by atoms with Gasteiger partial charge in [0.25, 0.3) is 10.0 Å². The smallest absolute Gasteiger partial charge is 0.262 e. The maximum Gasteiger partial charge on any atom is 0.262 e. The molecule has 3 aromatic carbocycles. The first-order valence-corrected chi connectivity index (χ1v) is 9.57. The van der Waals surface area contributed by atoms with Gasteiger partial charge in [0.2, 0.25) is 5.52 Å². The van der Waals surface area contributed by atoms with Crippen LogP contribution < -0.4 is 9.45 Å². The molecule has 0 saturated heterocycles. The van der Waals surface area contributed by atoms with E-state index in [1.54, 1.807) is 36.4 Å². The van der Waals surface area contributed by atoms with Gasteiger partial charge < -0.3 is 5.21 Å². The molecule has 0 bridgehead atoms. The Bertz CT molecular complexity index is 1230. The van der Waals surface area contributed by atoms with Crippen LogP contribution in [0.5, 0.6) is 0 Å². The molecule has 0 spiro atoms. The van der Waals surface area contributed by atoms with E-state index in [0.29, 0.717) is 15.6 Å². The molecule has 130 valence electrons.